The summed E-state index contributed by atoms with van der Waals surface area (Å²) < 4.78 is 23.9. The van der Waals surface area contributed by atoms with Gasteiger partial charge >= 0.3 is 0 Å². The zero-order valence-electron chi connectivity index (χ0n) is 17.4. The van der Waals surface area contributed by atoms with Crippen LogP contribution >= 0.6 is 11.3 Å². The van der Waals surface area contributed by atoms with Crippen molar-refractivity contribution in [2.75, 3.05) is 13.9 Å². The molecule has 2 aliphatic heterocycles. The lowest BCUT2D eigenvalue weighted by Gasteiger charge is -2.27. The van der Waals surface area contributed by atoms with Gasteiger partial charge in [0.1, 0.15) is 17.4 Å². The Hall–Kier alpha value is -3.90. The minimum Gasteiger partial charge on any atom is -0.493 e. The molecule has 4 heterocycles. The number of nitrogens with zero attached hydrogens (tertiary/aromatic N) is 2. The molecule has 0 aliphatic carbocycles. The lowest BCUT2D eigenvalue weighted by atomic mass is 9.83. The molecule has 1 atom stereocenters. The fourth-order valence-electron chi connectivity index (χ4n) is 4.09. The Labute approximate surface area is 187 Å². The van der Waals surface area contributed by atoms with Gasteiger partial charge in [0.2, 0.25) is 18.4 Å². The molecular weight excluding hydrogens is 430 g/mol. The van der Waals surface area contributed by atoms with Gasteiger partial charge in [-0.15, -0.1) is 11.3 Å². The van der Waals surface area contributed by atoms with E-state index in [1.807, 2.05) is 24.4 Å². The van der Waals surface area contributed by atoms with Crippen LogP contribution in [0.5, 0.6) is 23.0 Å². The van der Waals surface area contributed by atoms with E-state index in [1.54, 1.807) is 34.1 Å². The van der Waals surface area contributed by atoms with Crippen molar-refractivity contribution in [3.8, 4) is 29.1 Å². The number of aryl methyl sites for hydroxylation is 1. The Morgan fingerprint density at radius 3 is 2.88 bits per heavy atom. The van der Waals surface area contributed by atoms with E-state index in [2.05, 4.69) is 6.07 Å². The number of nitrogens with two attached hydrogens (primary N) is 1. The van der Waals surface area contributed by atoms with Crippen molar-refractivity contribution in [3.05, 3.63) is 79.2 Å². The van der Waals surface area contributed by atoms with Gasteiger partial charge in [-0.3, -0.25) is 4.79 Å². The minimum absolute atomic E-state index is 0.0311. The van der Waals surface area contributed by atoms with E-state index in [0.717, 1.165) is 10.6 Å². The largest absolute Gasteiger partial charge is 0.493 e. The van der Waals surface area contributed by atoms with Gasteiger partial charge in [-0.05, 0) is 36.1 Å². The average molecular weight is 449 g/mol. The highest BCUT2D eigenvalue weighted by molar-refractivity contribution is 7.09. The molecule has 9 heteroatoms. The standard InChI is InChI=1S/C23H19N3O5S/c1-12-6-16-20(23(27)26(12)10-14-4-3-5-32-14)19(15(9-24)22(25)31-16)13-7-17(28-2)21-18(8-13)29-11-30-21/h3-8,19H,10-11,25H2,1-2H3/t19-/m0/s1. The van der Waals surface area contributed by atoms with Gasteiger partial charge in [-0.2, -0.15) is 5.26 Å². The van der Waals surface area contributed by atoms with E-state index < -0.39 is 5.92 Å². The Balaban J connectivity index is 1.74. The van der Waals surface area contributed by atoms with E-state index in [0.29, 0.717) is 40.7 Å². The van der Waals surface area contributed by atoms with Crippen LogP contribution in [0.4, 0.5) is 0 Å². The monoisotopic (exact) mass is 449 g/mol. The van der Waals surface area contributed by atoms with Crippen LogP contribution in [-0.2, 0) is 6.54 Å². The number of hydrogen-bond acceptors (Lipinski definition) is 8. The number of nitriles is 1. The molecule has 0 bridgehead atoms. The Morgan fingerprint density at radius 1 is 1.31 bits per heavy atom. The second-order valence-corrected chi connectivity index (χ2v) is 8.45. The topological polar surface area (TPSA) is 109 Å². The molecule has 8 nitrogen and oxygen atoms in total. The normalized spacial score (nSPS) is 16.3. The maximum Gasteiger partial charge on any atom is 0.259 e. The molecule has 0 unspecified atom stereocenters. The molecule has 0 amide bonds. The molecule has 32 heavy (non-hydrogen) atoms. The zero-order chi connectivity index (χ0) is 22.4. The lowest BCUT2D eigenvalue weighted by molar-refractivity contribution is 0.171. The Kier molecular flexibility index (Phi) is 4.79. The highest BCUT2D eigenvalue weighted by Gasteiger charge is 2.36. The predicted octanol–water partition coefficient (Wildman–Crippen LogP) is 3.22. The van der Waals surface area contributed by atoms with Gasteiger partial charge < -0.3 is 29.2 Å². The van der Waals surface area contributed by atoms with Gasteiger partial charge in [-0.1, -0.05) is 6.07 Å². The van der Waals surface area contributed by atoms with Crippen LogP contribution in [0.2, 0.25) is 0 Å². The first kappa shape index (κ1) is 20.0. The highest BCUT2D eigenvalue weighted by atomic mass is 32.1. The smallest absolute Gasteiger partial charge is 0.259 e. The highest BCUT2D eigenvalue weighted by Crippen LogP contribution is 2.47. The van der Waals surface area contributed by atoms with Crippen LogP contribution in [0.15, 0.2) is 52.0 Å². The third kappa shape index (κ3) is 3.08. The van der Waals surface area contributed by atoms with Gasteiger partial charge in [0, 0.05) is 16.6 Å². The summed E-state index contributed by atoms with van der Waals surface area (Å²) in [5, 5.41) is 11.9. The summed E-state index contributed by atoms with van der Waals surface area (Å²) in [6.07, 6.45) is 0. The summed E-state index contributed by atoms with van der Waals surface area (Å²) in [7, 11) is 1.52. The molecule has 0 fully saturated rings. The number of methoxy groups -OCH3 is 1. The van der Waals surface area contributed by atoms with E-state index >= 15 is 0 Å². The van der Waals surface area contributed by atoms with Crippen LogP contribution in [0.1, 0.15) is 27.6 Å². The molecule has 2 aliphatic rings. The molecule has 5 rings (SSSR count). The molecule has 1 aromatic carbocycles. The second-order valence-electron chi connectivity index (χ2n) is 7.42. The number of aromatic nitrogens is 1. The van der Waals surface area contributed by atoms with Crippen molar-refractivity contribution < 1.29 is 18.9 Å². The maximum absolute atomic E-state index is 13.7. The Morgan fingerprint density at radius 2 is 2.16 bits per heavy atom. The van der Waals surface area contributed by atoms with Crippen molar-refractivity contribution in [1.82, 2.24) is 4.57 Å². The molecule has 2 aromatic heterocycles. The summed E-state index contributed by atoms with van der Waals surface area (Å²) in [5.74, 6) is 0.983. The third-order valence-electron chi connectivity index (χ3n) is 5.60. The fourth-order valence-corrected chi connectivity index (χ4v) is 4.78. The molecule has 0 saturated heterocycles. The number of benzene rings is 1. The van der Waals surface area contributed by atoms with E-state index in [-0.39, 0.29) is 23.8 Å². The Bertz CT molecular complexity index is 1350. The van der Waals surface area contributed by atoms with Gasteiger partial charge in [0.15, 0.2) is 11.5 Å². The number of rotatable bonds is 4. The molecule has 0 spiro atoms. The molecule has 2 N–H and O–H groups in total. The van der Waals surface area contributed by atoms with Crippen molar-refractivity contribution in [2.45, 2.75) is 19.4 Å². The molecular formula is C23H19N3O5S. The SMILES string of the molecule is COc1cc([C@H]2C(C#N)=C(N)Oc3cc(C)n(Cc4cccs4)c(=O)c32)cc2c1OCO2. The summed E-state index contributed by atoms with van der Waals surface area (Å²) in [6, 6.07) is 11.3. The van der Waals surface area contributed by atoms with E-state index in [9.17, 15) is 10.1 Å². The fraction of sp³-hybridized carbons (Fsp3) is 0.217. The molecule has 162 valence electrons. The van der Waals surface area contributed by atoms with Crippen molar-refractivity contribution >= 4 is 11.3 Å². The average Bonchev–Trinajstić information content (AvgIpc) is 3.46. The summed E-state index contributed by atoms with van der Waals surface area (Å²) in [6.45, 7) is 2.33. The number of allylic oxidation sites excluding steroid dienone is 1. The minimum atomic E-state index is -0.741. The summed E-state index contributed by atoms with van der Waals surface area (Å²) >= 11 is 1.57. The summed E-state index contributed by atoms with van der Waals surface area (Å²) in [4.78, 5) is 14.8. The van der Waals surface area contributed by atoms with Crippen molar-refractivity contribution in [2.24, 2.45) is 5.73 Å². The maximum atomic E-state index is 13.7. The predicted molar refractivity (Wildman–Crippen MR) is 117 cm³/mol. The van der Waals surface area contributed by atoms with Crippen molar-refractivity contribution in [1.29, 1.82) is 5.26 Å². The van der Waals surface area contributed by atoms with Crippen LogP contribution < -0.4 is 30.2 Å². The van der Waals surface area contributed by atoms with Crippen LogP contribution in [0.25, 0.3) is 0 Å². The molecule has 0 radical (unpaired) electrons. The summed E-state index contributed by atoms with van der Waals surface area (Å²) in [5.41, 5.74) is 7.72. The van der Waals surface area contributed by atoms with E-state index in [1.165, 1.54) is 7.11 Å². The van der Waals surface area contributed by atoms with Crippen molar-refractivity contribution in [3.63, 3.8) is 0 Å². The van der Waals surface area contributed by atoms with Crippen LogP contribution in [0.3, 0.4) is 0 Å². The number of hydrogen-bond donors (Lipinski definition) is 1. The first-order chi connectivity index (χ1) is 15.5. The number of thiophene rings is 1. The number of ether oxygens (including phenoxy) is 4. The molecule has 0 saturated carbocycles. The number of fused-ring (bicyclic) bond motifs is 2. The molecule has 3 aromatic rings. The third-order valence-corrected chi connectivity index (χ3v) is 6.46. The zero-order valence-corrected chi connectivity index (χ0v) is 18.2. The van der Waals surface area contributed by atoms with Gasteiger partial charge in [0.05, 0.1) is 25.1 Å². The number of pyridine rings is 1. The quantitative estimate of drug-likeness (QED) is 0.651. The van der Waals surface area contributed by atoms with Gasteiger partial charge in [0.25, 0.3) is 5.56 Å². The van der Waals surface area contributed by atoms with Gasteiger partial charge in [-0.25, -0.2) is 0 Å². The first-order valence-electron chi connectivity index (χ1n) is 9.83. The van der Waals surface area contributed by atoms with E-state index in [4.69, 9.17) is 24.7 Å². The van der Waals surface area contributed by atoms with Crippen LogP contribution in [0, 0.1) is 18.3 Å². The lowest BCUT2D eigenvalue weighted by Crippen LogP contribution is -2.32. The first-order valence-corrected chi connectivity index (χ1v) is 10.7. The van der Waals surface area contributed by atoms with Crippen LogP contribution in [-0.4, -0.2) is 18.5 Å². The second kappa shape index (κ2) is 7.66.